The summed E-state index contributed by atoms with van der Waals surface area (Å²) < 4.78 is 0. The quantitative estimate of drug-likeness (QED) is 0.643. The maximum absolute atomic E-state index is 4.59. The highest BCUT2D eigenvalue weighted by Crippen LogP contribution is 2.30. The van der Waals surface area contributed by atoms with Gasteiger partial charge in [-0.1, -0.05) is 18.2 Å². The van der Waals surface area contributed by atoms with Gasteiger partial charge in [0.05, 0.1) is 16.4 Å². The SMILES string of the molecule is CSc1ccccc1-c1ccc(-c2csc(C)n2)cn1. The number of benzene rings is 1. The summed E-state index contributed by atoms with van der Waals surface area (Å²) in [5, 5.41) is 3.15. The Balaban J connectivity index is 1.97. The Hall–Kier alpha value is -1.65. The van der Waals surface area contributed by atoms with Gasteiger partial charge in [0.2, 0.25) is 0 Å². The Kier molecular flexibility index (Phi) is 3.85. The van der Waals surface area contributed by atoms with Crippen molar-refractivity contribution in [3.05, 3.63) is 53.0 Å². The van der Waals surface area contributed by atoms with Gasteiger partial charge in [-0.25, -0.2) is 4.98 Å². The van der Waals surface area contributed by atoms with Crippen molar-refractivity contribution in [2.75, 3.05) is 6.26 Å². The maximum atomic E-state index is 4.59. The molecule has 0 unspecified atom stereocenters. The molecular formula is C16H14N2S2. The van der Waals surface area contributed by atoms with E-state index in [4.69, 9.17) is 0 Å². The van der Waals surface area contributed by atoms with Crippen LogP contribution in [0.25, 0.3) is 22.5 Å². The van der Waals surface area contributed by atoms with Gasteiger partial charge in [0.15, 0.2) is 0 Å². The second-order valence-corrected chi connectivity index (χ2v) is 6.29. The molecule has 0 saturated heterocycles. The molecule has 1 aromatic carbocycles. The van der Waals surface area contributed by atoms with Gasteiger partial charge in [0.1, 0.15) is 0 Å². The summed E-state index contributed by atoms with van der Waals surface area (Å²) in [4.78, 5) is 10.3. The first-order valence-corrected chi connectivity index (χ1v) is 8.40. The highest BCUT2D eigenvalue weighted by molar-refractivity contribution is 7.98. The fourth-order valence-electron chi connectivity index (χ4n) is 2.06. The third-order valence-electron chi connectivity index (χ3n) is 3.06. The van der Waals surface area contributed by atoms with Crippen molar-refractivity contribution in [1.82, 2.24) is 9.97 Å². The minimum atomic E-state index is 1.00. The summed E-state index contributed by atoms with van der Waals surface area (Å²) in [7, 11) is 0. The lowest BCUT2D eigenvalue weighted by Crippen LogP contribution is -1.87. The molecule has 2 heterocycles. The third kappa shape index (κ3) is 2.62. The smallest absolute Gasteiger partial charge is 0.0901 e. The average Bonchev–Trinajstić information content (AvgIpc) is 2.94. The van der Waals surface area contributed by atoms with Crippen molar-refractivity contribution in [3.8, 4) is 22.5 Å². The second-order valence-electron chi connectivity index (χ2n) is 4.38. The Morgan fingerprint density at radius 2 is 1.90 bits per heavy atom. The minimum Gasteiger partial charge on any atom is -0.256 e. The van der Waals surface area contributed by atoms with Crippen molar-refractivity contribution in [3.63, 3.8) is 0 Å². The normalized spacial score (nSPS) is 10.7. The molecule has 0 N–H and O–H groups in total. The highest BCUT2D eigenvalue weighted by Gasteiger charge is 2.07. The first kappa shape index (κ1) is 13.3. The Morgan fingerprint density at radius 3 is 2.55 bits per heavy atom. The molecule has 2 aromatic heterocycles. The van der Waals surface area contributed by atoms with Crippen LogP contribution in [0.15, 0.2) is 52.9 Å². The predicted molar refractivity (Wildman–Crippen MR) is 87.3 cm³/mol. The van der Waals surface area contributed by atoms with Crippen molar-refractivity contribution in [2.45, 2.75) is 11.8 Å². The van der Waals surface area contributed by atoms with Gasteiger partial charge in [0.25, 0.3) is 0 Å². The van der Waals surface area contributed by atoms with Crippen molar-refractivity contribution in [2.24, 2.45) is 0 Å². The predicted octanol–water partition coefficient (Wildman–Crippen LogP) is 4.90. The van der Waals surface area contributed by atoms with Crippen LogP contribution in [0, 0.1) is 6.92 Å². The Bertz CT molecular complexity index is 717. The fourth-order valence-corrected chi connectivity index (χ4v) is 3.29. The van der Waals surface area contributed by atoms with Crippen LogP contribution in [0.4, 0.5) is 0 Å². The van der Waals surface area contributed by atoms with Crippen molar-refractivity contribution < 1.29 is 0 Å². The number of aromatic nitrogens is 2. The molecular weight excluding hydrogens is 284 g/mol. The van der Waals surface area contributed by atoms with E-state index in [1.54, 1.807) is 23.1 Å². The second kappa shape index (κ2) is 5.77. The standard InChI is InChI=1S/C16H14N2S2/c1-11-18-15(10-20-11)12-7-8-14(17-9-12)13-5-3-4-6-16(13)19-2/h3-10H,1-2H3. The van der Waals surface area contributed by atoms with Crippen LogP contribution in [-0.2, 0) is 0 Å². The van der Waals surface area contributed by atoms with Crippen molar-refractivity contribution >= 4 is 23.1 Å². The zero-order valence-electron chi connectivity index (χ0n) is 11.3. The number of hydrogen-bond donors (Lipinski definition) is 0. The van der Waals surface area contributed by atoms with Crippen LogP contribution in [0.1, 0.15) is 5.01 Å². The van der Waals surface area contributed by atoms with E-state index in [0.717, 1.165) is 22.0 Å². The Labute approximate surface area is 126 Å². The van der Waals surface area contributed by atoms with Crippen LogP contribution >= 0.6 is 23.1 Å². The molecule has 2 nitrogen and oxygen atoms in total. The van der Waals surface area contributed by atoms with Crippen LogP contribution in [0.2, 0.25) is 0 Å². The molecule has 0 spiro atoms. The molecule has 0 amide bonds. The van der Waals surface area contributed by atoms with E-state index < -0.39 is 0 Å². The molecule has 0 aliphatic heterocycles. The number of aryl methyl sites for hydroxylation is 1. The number of nitrogens with zero attached hydrogens (tertiary/aromatic N) is 2. The first-order valence-electron chi connectivity index (χ1n) is 6.30. The molecule has 0 radical (unpaired) electrons. The summed E-state index contributed by atoms with van der Waals surface area (Å²) in [6, 6.07) is 12.5. The van der Waals surface area contributed by atoms with E-state index in [1.165, 1.54) is 10.5 Å². The summed E-state index contributed by atoms with van der Waals surface area (Å²) in [5.74, 6) is 0. The molecule has 100 valence electrons. The van der Waals surface area contributed by atoms with E-state index >= 15 is 0 Å². The zero-order valence-corrected chi connectivity index (χ0v) is 13.0. The number of thioether (sulfide) groups is 1. The topological polar surface area (TPSA) is 25.8 Å². The van der Waals surface area contributed by atoms with Crippen LogP contribution in [-0.4, -0.2) is 16.2 Å². The molecule has 0 fully saturated rings. The summed E-state index contributed by atoms with van der Waals surface area (Å²) in [6.45, 7) is 2.02. The van der Waals surface area contributed by atoms with Crippen LogP contribution < -0.4 is 0 Å². The van der Waals surface area contributed by atoms with Gasteiger partial charge in [-0.3, -0.25) is 4.98 Å². The molecule has 0 saturated carbocycles. The van der Waals surface area contributed by atoms with E-state index in [9.17, 15) is 0 Å². The molecule has 20 heavy (non-hydrogen) atoms. The summed E-state index contributed by atoms with van der Waals surface area (Å²) in [6.07, 6.45) is 3.99. The lowest BCUT2D eigenvalue weighted by Gasteiger charge is -2.06. The van der Waals surface area contributed by atoms with E-state index in [2.05, 4.69) is 58.0 Å². The molecule has 0 aliphatic carbocycles. The van der Waals surface area contributed by atoms with Gasteiger partial charge in [-0.15, -0.1) is 23.1 Å². The fraction of sp³-hybridized carbons (Fsp3) is 0.125. The van der Waals surface area contributed by atoms with Gasteiger partial charge < -0.3 is 0 Å². The number of hydrogen-bond acceptors (Lipinski definition) is 4. The van der Waals surface area contributed by atoms with E-state index in [0.29, 0.717) is 0 Å². The first-order chi connectivity index (χ1) is 9.78. The molecule has 4 heteroatoms. The van der Waals surface area contributed by atoms with Crippen molar-refractivity contribution in [1.29, 1.82) is 0 Å². The highest BCUT2D eigenvalue weighted by atomic mass is 32.2. The van der Waals surface area contributed by atoms with Gasteiger partial charge in [0, 0.05) is 27.6 Å². The van der Waals surface area contributed by atoms with Gasteiger partial charge in [-0.05, 0) is 31.4 Å². The maximum Gasteiger partial charge on any atom is 0.0901 e. The monoisotopic (exact) mass is 298 g/mol. The summed E-state index contributed by atoms with van der Waals surface area (Å²) >= 11 is 3.41. The molecule has 3 rings (SSSR count). The number of thiazole rings is 1. The molecule has 0 bridgehead atoms. The van der Waals surface area contributed by atoms with Crippen LogP contribution in [0.5, 0.6) is 0 Å². The molecule has 3 aromatic rings. The number of rotatable bonds is 3. The largest absolute Gasteiger partial charge is 0.256 e. The molecule has 0 aliphatic rings. The van der Waals surface area contributed by atoms with E-state index in [-0.39, 0.29) is 0 Å². The zero-order chi connectivity index (χ0) is 13.9. The number of pyridine rings is 1. The third-order valence-corrected chi connectivity index (χ3v) is 4.63. The lowest BCUT2D eigenvalue weighted by atomic mass is 10.1. The minimum absolute atomic E-state index is 1.00. The van der Waals surface area contributed by atoms with Gasteiger partial charge in [-0.2, -0.15) is 0 Å². The average molecular weight is 298 g/mol. The Morgan fingerprint density at radius 1 is 1.05 bits per heavy atom. The van der Waals surface area contributed by atoms with E-state index in [1.807, 2.05) is 13.1 Å². The van der Waals surface area contributed by atoms with Crippen LogP contribution in [0.3, 0.4) is 0 Å². The molecule has 0 atom stereocenters. The van der Waals surface area contributed by atoms with Gasteiger partial charge >= 0.3 is 0 Å². The lowest BCUT2D eigenvalue weighted by molar-refractivity contribution is 1.26. The summed E-state index contributed by atoms with van der Waals surface area (Å²) in [5.41, 5.74) is 4.26.